The van der Waals surface area contributed by atoms with Gasteiger partial charge in [0.15, 0.2) is 12.4 Å². The number of carboxylic acid groups (broad SMARTS) is 5. The minimum atomic E-state index is -1.05. The maximum Gasteiger partial charge on any atom is 0 e. The van der Waals surface area contributed by atoms with Gasteiger partial charge in [0.05, 0.1) is 26.2 Å². The molecule has 4 aromatic heterocycles. The van der Waals surface area contributed by atoms with Crippen LogP contribution in [0.25, 0.3) is 0 Å². The van der Waals surface area contributed by atoms with Crippen molar-refractivity contribution in [2.24, 2.45) is 27.2 Å². The number of carbonyl (C=O) groups is 9. The summed E-state index contributed by atoms with van der Waals surface area (Å²) in [4.78, 5) is 140. The van der Waals surface area contributed by atoms with Crippen LogP contribution in [0.2, 0.25) is 0 Å². The number of nitrogens with two attached hydrogens (primary N) is 3. The van der Waals surface area contributed by atoms with Gasteiger partial charge in [-0.05, 0) is 128 Å². The largest absolute Gasteiger partial charge is 0 e. The molecule has 3 atom stereocenters. The first-order chi connectivity index (χ1) is 58.5. The Labute approximate surface area is 777 Å². The third-order valence-electron chi connectivity index (χ3n) is 15.0. The molecule has 11 N–H and O–H groups in total. The molecule has 45 nitrogen and oxygen atoms in total. The topological polar surface area (TPSA) is 661 Å². The Morgan fingerprint density at radius 3 is 0.787 bits per heavy atom. The SMILES string of the molecule is CC(C)(C)OC(=O)CN1C=[C+]N=C1CN(CCCC[C@H](N)C(=O)O)Cc1nccn1CC(=O)OC(C)(C)C.CC(C)(C)OC(=O)Cn1ccnc1CN(CCCC[C@H](N)C(=O)O)Cc1nccn1CC(=O)OC(C)(C)C.N[C@@H](CCCCN(CC1=N[C+]=CN1CC(=O)O)Cc1nccn1CC(=O)O)C(=O)O.[C-]#[O+].[C-]#[O+].[C-]#[O+].[C-]#[O+].[C-]#[O+].[C-]#[O+].[C-]#[O+].[C-]#[O+].[C-]#[O+].[Tc].[Tc].[Tc]. The molecule has 6 rings (SSSR count). The van der Waals surface area contributed by atoms with Crippen LogP contribution >= 0.6 is 0 Å². The van der Waals surface area contributed by atoms with Crippen molar-refractivity contribution in [3.8, 4) is 0 Å². The van der Waals surface area contributed by atoms with Crippen molar-refractivity contribution in [1.82, 2.24) is 62.7 Å². The van der Waals surface area contributed by atoms with Crippen LogP contribution in [0.5, 0.6) is 0 Å². The van der Waals surface area contributed by atoms with Crippen LogP contribution in [0, 0.1) is 72.3 Å². The minimum absolute atomic E-state index is 0. The van der Waals surface area contributed by atoms with Crippen LogP contribution in [-0.4, -0.2) is 240 Å². The number of aliphatic imine (C=N–C) groups is 2. The monoisotopic (exact) mass is 2030 g/mol. The van der Waals surface area contributed by atoms with Gasteiger partial charge in [-0.3, -0.25) is 57.9 Å². The summed E-state index contributed by atoms with van der Waals surface area (Å²) in [5.74, 6) is -2.91. The molecule has 0 fully saturated rings. The standard InChI is InChI=1S/C26H42N6O6.C26H40N6O6.C18H24N6O6.9CO.3Tc/c2*1-25(2,3)37-22(33)17-31-13-10-28-20(31)15-30(12-8-7-9-19(27)24(35)36)16-21-29-11-14-32(21)18-23(34)38-26(4,5)6;19-13(18(29)30)3-1-2-6-22(9-14-20-4-7-23(14)11-16(25)26)10-15-21-5-8-24(15)12-17(27)28;9*1-2;;;/h10-11,13-14,19H,7-9,12,15-18,27H2,1-6H3,(H,35,36);10,13-14,19H,7-9,12,15-18,27H2,1-6H3;4,7-8,13H,1-3,6,9-12,19H2,(H2-,25,26,27,28,29,30);;;;;;;;;;;;/p+2/t2*19-;13-;;;;;;;;;;;;/m000............/s1. The van der Waals surface area contributed by atoms with Gasteiger partial charge in [-0.15, -0.1) is 0 Å². The fourth-order valence-corrected chi connectivity index (χ4v) is 10.3. The number of aromatic nitrogens is 8. The molecule has 0 saturated heterocycles. The first kappa shape index (κ1) is 135. The van der Waals surface area contributed by atoms with E-state index < -0.39 is 70.4 Å². The second-order valence-corrected chi connectivity index (χ2v) is 29.3. The van der Waals surface area contributed by atoms with E-state index in [-0.39, 0.29) is 123 Å². The summed E-state index contributed by atoms with van der Waals surface area (Å²) in [7, 11) is 0. The van der Waals surface area contributed by atoms with Crippen molar-refractivity contribution in [3.05, 3.63) is 158 Å². The summed E-state index contributed by atoms with van der Waals surface area (Å²) in [6.45, 7) is 65.8. The number of ether oxygens (including phenoxy) is 4. The predicted molar refractivity (Wildman–Crippen MR) is 420 cm³/mol. The van der Waals surface area contributed by atoms with E-state index in [0.29, 0.717) is 152 Å². The molecule has 0 bridgehead atoms. The molecule has 6 heterocycles. The molecule has 3 radical (unpaired) electrons. The summed E-state index contributed by atoms with van der Waals surface area (Å²) in [6.07, 6.45) is 26.6. The Morgan fingerprint density at radius 1 is 0.354 bits per heavy atom. The van der Waals surface area contributed by atoms with Gasteiger partial charge < -0.3 is 79.9 Å². The molecule has 0 amide bonds. The summed E-state index contributed by atoms with van der Waals surface area (Å²) in [6, 6.07) is -2.72. The molecule has 0 unspecified atom stereocenters. The second-order valence-electron chi connectivity index (χ2n) is 29.3. The van der Waals surface area contributed by atoms with Gasteiger partial charge in [0.1, 0.15) is 116 Å². The first-order valence-electron chi connectivity index (χ1n) is 36.6. The van der Waals surface area contributed by atoms with Gasteiger partial charge in [0.2, 0.25) is 12.4 Å². The van der Waals surface area contributed by atoms with Crippen LogP contribution < -0.4 is 17.2 Å². The number of unbranched alkanes of at least 4 members (excludes halogenated alkanes) is 3. The maximum absolute atomic E-state index is 12.4. The molecule has 48 heteroatoms. The normalized spacial score (nSPS) is 11.6. The smallest absolute Gasteiger partial charge is 0 e. The van der Waals surface area contributed by atoms with Crippen LogP contribution in [-0.2, 0) is 217 Å². The fraction of sp³-hybridized carbons (Fsp3) is 0.544. The number of carbonyl (C=O) groups excluding carboxylic acids is 4. The number of nitrogens with zero attached hydrogens (tertiary/aromatic N) is 15. The van der Waals surface area contributed by atoms with E-state index in [1.165, 1.54) is 21.9 Å². The zero-order chi connectivity index (χ0) is 97.1. The second kappa shape index (κ2) is 76.9. The van der Waals surface area contributed by atoms with E-state index in [2.05, 4.69) is 112 Å². The molecule has 695 valence electrons. The van der Waals surface area contributed by atoms with Crippen LogP contribution in [0.3, 0.4) is 0 Å². The summed E-state index contributed by atoms with van der Waals surface area (Å²) in [5, 5.41) is 45.1. The zero-order valence-corrected chi connectivity index (χ0v) is 77.8. The fourth-order valence-electron chi connectivity index (χ4n) is 10.3. The van der Waals surface area contributed by atoms with Gasteiger partial charge in [-0.1, -0.05) is 19.3 Å². The quantitative estimate of drug-likeness (QED) is 0.0104. The van der Waals surface area contributed by atoms with Crippen LogP contribution in [0.4, 0.5) is 0 Å². The Kier molecular flexibility index (Phi) is 81.5. The van der Waals surface area contributed by atoms with E-state index in [1.807, 2.05) is 88.0 Å². The van der Waals surface area contributed by atoms with Crippen molar-refractivity contribution < 1.29 is 190 Å². The Balaban J connectivity index is -0.000000214. The Morgan fingerprint density at radius 2 is 0.567 bits per heavy atom. The number of hydrogen-bond acceptors (Lipinski definition) is 27. The minimum Gasteiger partial charge on any atom is 0 e. The number of carboxylic acids is 5. The van der Waals surface area contributed by atoms with Gasteiger partial charge in [-0.25, -0.2) is 29.7 Å². The van der Waals surface area contributed by atoms with Gasteiger partial charge >= 0.3 is 155 Å². The van der Waals surface area contributed by atoms with Crippen LogP contribution in [0.1, 0.15) is 164 Å². The van der Waals surface area contributed by atoms with E-state index in [9.17, 15) is 43.2 Å². The number of aliphatic carboxylic acids is 5. The molecular formula is C79H108N18O27Tc3+2. The Bertz CT molecular complexity index is 3990. The van der Waals surface area contributed by atoms with E-state index in [4.69, 9.17) is 104 Å². The summed E-state index contributed by atoms with van der Waals surface area (Å²) >= 11 is 0. The number of imidazole rings is 4. The third-order valence-corrected chi connectivity index (χ3v) is 15.0. The first-order valence-corrected chi connectivity index (χ1v) is 36.6. The third kappa shape index (κ3) is 65.8. The van der Waals surface area contributed by atoms with Crippen molar-refractivity contribution in [1.29, 1.82) is 0 Å². The molecule has 2 aliphatic heterocycles. The van der Waals surface area contributed by atoms with Crippen LogP contribution in [0.15, 0.2) is 72.0 Å². The van der Waals surface area contributed by atoms with Gasteiger partial charge in [0, 0.05) is 133 Å². The summed E-state index contributed by atoms with van der Waals surface area (Å²) < 4.78 is 96.0. The molecule has 127 heavy (non-hydrogen) atoms. The molecule has 0 spiro atoms. The molecule has 0 aromatic carbocycles. The number of hydrogen-bond donors (Lipinski definition) is 8. The number of amidine groups is 2. The van der Waals surface area contributed by atoms with Crippen molar-refractivity contribution in [2.45, 2.75) is 234 Å². The molecule has 4 aromatic rings. The predicted octanol–water partition coefficient (Wildman–Crippen LogP) is 3.37. The number of rotatable bonds is 42. The zero-order valence-electron chi connectivity index (χ0n) is 72.3. The number of esters is 4. The maximum atomic E-state index is 12.4. The van der Waals surface area contributed by atoms with E-state index in [0.717, 1.165) is 0 Å². The Hall–Kier alpha value is -10.3. The molecule has 0 aliphatic carbocycles. The van der Waals surface area contributed by atoms with Gasteiger partial charge in [0.25, 0.3) is 11.7 Å². The van der Waals surface area contributed by atoms with E-state index in [1.54, 1.807) is 68.2 Å². The average molecular weight is 2040 g/mol. The van der Waals surface area contributed by atoms with Crippen molar-refractivity contribution >= 4 is 65.4 Å². The molecular weight excluding hydrogens is 1930 g/mol. The summed E-state index contributed by atoms with van der Waals surface area (Å²) in [5.41, 5.74) is 14.4. The average Bonchev–Trinajstić information content (AvgIpc) is 1.73. The van der Waals surface area contributed by atoms with E-state index >= 15 is 0 Å². The molecule has 0 saturated carbocycles. The van der Waals surface area contributed by atoms with Gasteiger partial charge in [-0.2, -0.15) is 0 Å². The van der Waals surface area contributed by atoms with Crippen molar-refractivity contribution in [3.63, 3.8) is 0 Å². The van der Waals surface area contributed by atoms with Crippen molar-refractivity contribution in [2.75, 3.05) is 45.8 Å². The molecule has 2 aliphatic rings.